The van der Waals surface area contributed by atoms with Gasteiger partial charge in [0.15, 0.2) is 6.29 Å². The maximum absolute atomic E-state index is 11.0. The first-order chi connectivity index (χ1) is 9.66. The minimum atomic E-state index is 0.374. The molecule has 0 fully saturated rings. The zero-order chi connectivity index (χ0) is 14.5. The molecule has 2 aromatic rings. The number of hydrogen-bond donors (Lipinski definition) is 0. The molecule has 0 bridgehead atoms. The van der Waals surface area contributed by atoms with Crippen LogP contribution in [0.1, 0.15) is 10.4 Å². The van der Waals surface area contributed by atoms with Crippen LogP contribution in [0.3, 0.4) is 0 Å². The first-order valence-corrected chi connectivity index (χ1v) is 6.19. The van der Waals surface area contributed by atoms with Crippen LogP contribution in [0.2, 0.25) is 5.02 Å². The second kappa shape index (κ2) is 6.30. The van der Waals surface area contributed by atoms with Gasteiger partial charge in [0, 0.05) is 23.2 Å². The lowest BCUT2D eigenvalue weighted by Gasteiger charge is -2.11. The van der Waals surface area contributed by atoms with Crippen LogP contribution in [-0.2, 0) is 0 Å². The van der Waals surface area contributed by atoms with Crippen LogP contribution >= 0.6 is 11.6 Å². The Kier molecular flexibility index (Phi) is 4.48. The number of benzene rings is 2. The molecule has 0 radical (unpaired) electrons. The maximum Gasteiger partial charge on any atom is 0.153 e. The highest BCUT2D eigenvalue weighted by atomic mass is 35.5. The molecule has 0 aliphatic rings. The van der Waals surface area contributed by atoms with Gasteiger partial charge in [-0.05, 0) is 18.2 Å². The third kappa shape index (κ3) is 3.22. The molecule has 2 aromatic carbocycles. The molecular formula is C15H13ClO4. The smallest absolute Gasteiger partial charge is 0.153 e. The number of aldehydes is 1. The Morgan fingerprint density at radius 2 is 1.55 bits per heavy atom. The number of methoxy groups -OCH3 is 2. The number of carbonyl (C=O) groups is 1. The van der Waals surface area contributed by atoms with E-state index >= 15 is 0 Å². The lowest BCUT2D eigenvalue weighted by molar-refractivity contribution is 0.112. The molecule has 0 saturated heterocycles. The second-order valence-electron chi connectivity index (χ2n) is 3.95. The molecule has 0 unspecified atom stereocenters. The van der Waals surface area contributed by atoms with Crippen molar-refractivity contribution >= 4 is 17.9 Å². The van der Waals surface area contributed by atoms with Crippen molar-refractivity contribution in [1.29, 1.82) is 0 Å². The molecule has 0 heterocycles. The predicted octanol–water partition coefficient (Wildman–Crippen LogP) is 3.96. The van der Waals surface area contributed by atoms with Crippen molar-refractivity contribution in [2.24, 2.45) is 0 Å². The molecule has 104 valence electrons. The van der Waals surface area contributed by atoms with E-state index in [1.807, 2.05) is 0 Å². The number of ether oxygens (including phenoxy) is 3. The van der Waals surface area contributed by atoms with E-state index in [2.05, 4.69) is 0 Å². The summed E-state index contributed by atoms with van der Waals surface area (Å²) in [5, 5.41) is 0.475. The third-order valence-corrected chi connectivity index (χ3v) is 2.89. The van der Waals surface area contributed by atoms with E-state index in [4.69, 9.17) is 25.8 Å². The van der Waals surface area contributed by atoms with Gasteiger partial charge in [-0.15, -0.1) is 0 Å². The summed E-state index contributed by atoms with van der Waals surface area (Å²) >= 11 is 5.84. The fraction of sp³-hybridized carbons (Fsp3) is 0.133. The summed E-state index contributed by atoms with van der Waals surface area (Å²) in [7, 11) is 3.11. The molecule has 0 N–H and O–H groups in total. The minimum absolute atomic E-state index is 0.374. The van der Waals surface area contributed by atoms with Gasteiger partial charge in [-0.2, -0.15) is 0 Å². The molecule has 0 spiro atoms. The molecule has 4 nitrogen and oxygen atoms in total. The Morgan fingerprint density at radius 3 is 2.10 bits per heavy atom. The zero-order valence-corrected chi connectivity index (χ0v) is 11.8. The van der Waals surface area contributed by atoms with Crippen molar-refractivity contribution in [2.75, 3.05) is 14.2 Å². The van der Waals surface area contributed by atoms with Crippen molar-refractivity contribution in [2.45, 2.75) is 0 Å². The average molecular weight is 293 g/mol. The Labute approximate surface area is 121 Å². The fourth-order valence-corrected chi connectivity index (χ4v) is 1.85. The summed E-state index contributed by atoms with van der Waals surface area (Å²) in [6.45, 7) is 0. The van der Waals surface area contributed by atoms with Gasteiger partial charge in [0.05, 0.1) is 19.8 Å². The summed E-state index contributed by atoms with van der Waals surface area (Å²) in [6.07, 6.45) is 0.693. The molecule has 5 heteroatoms. The summed E-state index contributed by atoms with van der Waals surface area (Å²) < 4.78 is 16.0. The largest absolute Gasteiger partial charge is 0.496 e. The monoisotopic (exact) mass is 292 g/mol. The number of rotatable bonds is 5. The number of halogens is 1. The van der Waals surface area contributed by atoms with E-state index in [9.17, 15) is 4.79 Å². The summed E-state index contributed by atoms with van der Waals surface area (Å²) in [4.78, 5) is 11.0. The van der Waals surface area contributed by atoms with Gasteiger partial charge >= 0.3 is 0 Å². The highest BCUT2D eigenvalue weighted by Crippen LogP contribution is 2.32. The highest BCUT2D eigenvalue weighted by molar-refractivity contribution is 6.30. The van der Waals surface area contributed by atoms with Crippen LogP contribution in [0.15, 0.2) is 36.4 Å². The maximum atomic E-state index is 11.0. The molecule has 20 heavy (non-hydrogen) atoms. The van der Waals surface area contributed by atoms with Crippen LogP contribution in [0.4, 0.5) is 0 Å². The van der Waals surface area contributed by atoms with E-state index in [1.165, 1.54) is 0 Å². The normalized spacial score (nSPS) is 9.95. The molecule has 0 aliphatic carbocycles. The molecule has 0 aromatic heterocycles. The number of carbonyl (C=O) groups excluding carboxylic acids is 1. The van der Waals surface area contributed by atoms with Gasteiger partial charge in [0.2, 0.25) is 0 Å². The molecule has 0 amide bonds. The van der Waals surface area contributed by atoms with Gasteiger partial charge in [-0.3, -0.25) is 4.79 Å². The lowest BCUT2D eigenvalue weighted by Crippen LogP contribution is -1.93. The van der Waals surface area contributed by atoms with Crippen LogP contribution in [0, 0.1) is 0 Å². The van der Waals surface area contributed by atoms with Crippen LogP contribution < -0.4 is 14.2 Å². The number of hydrogen-bond acceptors (Lipinski definition) is 4. The van der Waals surface area contributed by atoms with Crippen LogP contribution in [-0.4, -0.2) is 20.5 Å². The van der Waals surface area contributed by atoms with Crippen LogP contribution in [0.25, 0.3) is 0 Å². The molecule has 0 saturated carbocycles. The topological polar surface area (TPSA) is 44.8 Å². The summed E-state index contributed by atoms with van der Waals surface area (Å²) in [6, 6.07) is 9.97. The van der Waals surface area contributed by atoms with Gasteiger partial charge in [-0.25, -0.2) is 0 Å². The van der Waals surface area contributed by atoms with E-state index in [1.54, 1.807) is 50.6 Å². The molecular weight excluding hydrogens is 280 g/mol. The quantitative estimate of drug-likeness (QED) is 0.782. The van der Waals surface area contributed by atoms with Gasteiger partial charge in [0.25, 0.3) is 0 Å². The molecule has 0 atom stereocenters. The Hall–Kier alpha value is -2.20. The average Bonchev–Trinajstić information content (AvgIpc) is 2.48. The van der Waals surface area contributed by atoms with Gasteiger partial charge in [0.1, 0.15) is 23.0 Å². The van der Waals surface area contributed by atoms with E-state index in [0.717, 1.165) is 0 Å². The highest BCUT2D eigenvalue weighted by Gasteiger charge is 2.08. The van der Waals surface area contributed by atoms with Crippen molar-refractivity contribution in [3.63, 3.8) is 0 Å². The standard InChI is InChI=1S/C15H13ClO4/c1-18-12-6-13(19-2)8-14(7-12)20-15-4-3-11(16)5-10(15)9-17/h3-9H,1-2H3. The van der Waals surface area contributed by atoms with Crippen molar-refractivity contribution in [3.8, 4) is 23.0 Å². The van der Waals surface area contributed by atoms with Crippen molar-refractivity contribution in [1.82, 2.24) is 0 Å². The molecule has 0 aliphatic heterocycles. The van der Waals surface area contributed by atoms with E-state index in [-0.39, 0.29) is 0 Å². The Bertz CT molecular complexity index is 603. The first-order valence-electron chi connectivity index (χ1n) is 5.82. The predicted molar refractivity (Wildman–Crippen MR) is 76.5 cm³/mol. The zero-order valence-electron chi connectivity index (χ0n) is 11.1. The minimum Gasteiger partial charge on any atom is -0.496 e. The first kappa shape index (κ1) is 14.2. The fourth-order valence-electron chi connectivity index (χ4n) is 1.67. The van der Waals surface area contributed by atoms with E-state index < -0.39 is 0 Å². The second-order valence-corrected chi connectivity index (χ2v) is 4.39. The third-order valence-electron chi connectivity index (χ3n) is 2.65. The van der Waals surface area contributed by atoms with Crippen molar-refractivity contribution in [3.05, 3.63) is 47.0 Å². The SMILES string of the molecule is COc1cc(OC)cc(Oc2ccc(Cl)cc2C=O)c1. The van der Waals surface area contributed by atoms with Gasteiger partial charge in [-0.1, -0.05) is 11.6 Å². The summed E-state index contributed by atoms with van der Waals surface area (Å²) in [5.74, 6) is 2.12. The van der Waals surface area contributed by atoms with Crippen LogP contribution in [0.5, 0.6) is 23.0 Å². The molecule has 2 rings (SSSR count). The van der Waals surface area contributed by atoms with Gasteiger partial charge < -0.3 is 14.2 Å². The van der Waals surface area contributed by atoms with E-state index in [0.29, 0.717) is 39.9 Å². The summed E-state index contributed by atoms with van der Waals surface area (Å²) in [5.41, 5.74) is 0.374. The lowest BCUT2D eigenvalue weighted by atomic mass is 10.2. The Morgan fingerprint density at radius 1 is 0.950 bits per heavy atom. The van der Waals surface area contributed by atoms with Crippen molar-refractivity contribution < 1.29 is 19.0 Å². The Balaban J connectivity index is 2.36.